The molecule has 3 rings (SSSR count). The van der Waals surface area contributed by atoms with Crippen molar-refractivity contribution in [1.82, 2.24) is 9.61 Å². The number of hydrogen-bond donors (Lipinski definition) is 1. The van der Waals surface area contributed by atoms with Crippen LogP contribution in [0.15, 0.2) is 48.8 Å². The van der Waals surface area contributed by atoms with Gasteiger partial charge in [-0.15, -0.1) is 0 Å². The predicted octanol–water partition coefficient (Wildman–Crippen LogP) is 3.51. The fourth-order valence-electron chi connectivity index (χ4n) is 2.12. The molecule has 0 spiro atoms. The maximum atomic E-state index is 11.0. The lowest BCUT2D eigenvalue weighted by Crippen LogP contribution is -2.02. The number of nitrogens with zero attached hydrogens (tertiary/aromatic N) is 3. The van der Waals surface area contributed by atoms with Gasteiger partial charge in [-0.3, -0.25) is 10.1 Å². The number of hydrogen-bond acceptors (Lipinski definition) is 4. The number of fused-ring (bicyclic) bond motifs is 1. The van der Waals surface area contributed by atoms with Crippen LogP contribution in [0.5, 0.6) is 0 Å². The molecule has 1 N–H and O–H groups in total. The average molecular weight is 303 g/mol. The summed E-state index contributed by atoms with van der Waals surface area (Å²) in [6.07, 6.45) is 3.59. The van der Waals surface area contributed by atoms with E-state index in [-0.39, 0.29) is 5.69 Å². The maximum Gasteiger partial charge on any atom is 0.293 e. The van der Waals surface area contributed by atoms with Crippen LogP contribution in [0.3, 0.4) is 0 Å². The second-order valence-corrected chi connectivity index (χ2v) is 4.91. The number of halogens is 1. The third kappa shape index (κ3) is 2.66. The first-order valence-electron chi connectivity index (χ1n) is 6.24. The van der Waals surface area contributed by atoms with Crippen LogP contribution in [-0.2, 0) is 6.54 Å². The summed E-state index contributed by atoms with van der Waals surface area (Å²) < 4.78 is 1.76. The van der Waals surface area contributed by atoms with Crippen molar-refractivity contribution in [2.75, 3.05) is 5.32 Å². The van der Waals surface area contributed by atoms with Gasteiger partial charge in [0.1, 0.15) is 5.69 Å². The summed E-state index contributed by atoms with van der Waals surface area (Å²) in [5.41, 5.74) is 2.31. The lowest BCUT2D eigenvalue weighted by atomic mass is 10.2. The van der Waals surface area contributed by atoms with Crippen LogP contribution >= 0.6 is 11.6 Å². The van der Waals surface area contributed by atoms with E-state index in [0.717, 1.165) is 11.1 Å². The molecular weight excluding hydrogens is 292 g/mol. The summed E-state index contributed by atoms with van der Waals surface area (Å²) in [5.74, 6) is 0. The van der Waals surface area contributed by atoms with Gasteiger partial charge in [0.2, 0.25) is 0 Å². The number of nitro benzene ring substituents is 1. The molecule has 0 bridgehead atoms. The Morgan fingerprint density at radius 1 is 1.33 bits per heavy atom. The van der Waals surface area contributed by atoms with Crippen molar-refractivity contribution in [3.8, 4) is 0 Å². The van der Waals surface area contributed by atoms with Crippen molar-refractivity contribution in [2.24, 2.45) is 0 Å². The van der Waals surface area contributed by atoms with Gasteiger partial charge in [-0.1, -0.05) is 17.7 Å². The topological polar surface area (TPSA) is 72.5 Å². The molecule has 21 heavy (non-hydrogen) atoms. The van der Waals surface area contributed by atoms with E-state index in [0.29, 0.717) is 17.3 Å². The molecule has 6 nitrogen and oxygen atoms in total. The standard InChI is InChI=1S/C14H11ClN4O2/c15-11-4-5-12(14(7-11)19(20)21)16-8-10-9-17-18-6-2-1-3-13(10)18/h1-7,9,16H,8H2. The largest absolute Gasteiger partial charge is 0.375 e. The molecule has 0 aliphatic rings. The second kappa shape index (κ2) is 5.41. The summed E-state index contributed by atoms with van der Waals surface area (Å²) in [4.78, 5) is 10.6. The molecule has 0 atom stereocenters. The van der Waals surface area contributed by atoms with Crippen molar-refractivity contribution in [2.45, 2.75) is 6.54 Å². The van der Waals surface area contributed by atoms with Gasteiger partial charge in [0.15, 0.2) is 0 Å². The minimum atomic E-state index is -0.454. The molecule has 2 heterocycles. The minimum Gasteiger partial charge on any atom is -0.375 e. The van der Waals surface area contributed by atoms with E-state index in [1.165, 1.54) is 6.07 Å². The van der Waals surface area contributed by atoms with Crippen LogP contribution in [-0.4, -0.2) is 14.5 Å². The van der Waals surface area contributed by atoms with E-state index in [4.69, 9.17) is 11.6 Å². The predicted molar refractivity (Wildman–Crippen MR) is 80.6 cm³/mol. The third-order valence-corrected chi connectivity index (χ3v) is 3.37. The highest BCUT2D eigenvalue weighted by Gasteiger charge is 2.14. The number of nitrogens with one attached hydrogen (secondary N) is 1. The zero-order chi connectivity index (χ0) is 14.8. The van der Waals surface area contributed by atoms with Gasteiger partial charge in [-0.05, 0) is 24.3 Å². The summed E-state index contributed by atoms with van der Waals surface area (Å²) in [6.45, 7) is 0.440. The molecule has 0 aliphatic carbocycles. The summed E-state index contributed by atoms with van der Waals surface area (Å²) in [7, 11) is 0. The maximum absolute atomic E-state index is 11.0. The minimum absolute atomic E-state index is 0.0426. The van der Waals surface area contributed by atoms with Crippen molar-refractivity contribution >= 4 is 28.5 Å². The van der Waals surface area contributed by atoms with Crippen LogP contribution in [0.2, 0.25) is 5.02 Å². The molecule has 7 heteroatoms. The number of rotatable bonds is 4. The number of aromatic nitrogens is 2. The molecule has 106 valence electrons. The van der Waals surface area contributed by atoms with Crippen molar-refractivity contribution in [1.29, 1.82) is 0 Å². The first-order chi connectivity index (χ1) is 10.1. The molecule has 0 aliphatic heterocycles. The highest BCUT2D eigenvalue weighted by molar-refractivity contribution is 6.30. The molecule has 1 aromatic carbocycles. The van der Waals surface area contributed by atoms with Gasteiger partial charge in [-0.25, -0.2) is 4.52 Å². The smallest absolute Gasteiger partial charge is 0.293 e. The SMILES string of the molecule is O=[N+]([O-])c1cc(Cl)ccc1NCc1cnn2ccccc12. The Balaban J connectivity index is 1.87. The Hall–Kier alpha value is -2.60. The van der Waals surface area contributed by atoms with Gasteiger partial charge >= 0.3 is 0 Å². The van der Waals surface area contributed by atoms with E-state index >= 15 is 0 Å². The third-order valence-electron chi connectivity index (χ3n) is 3.13. The van der Waals surface area contributed by atoms with E-state index < -0.39 is 4.92 Å². The normalized spacial score (nSPS) is 10.7. The molecule has 2 aromatic heterocycles. The second-order valence-electron chi connectivity index (χ2n) is 4.47. The molecule has 0 saturated carbocycles. The fourth-order valence-corrected chi connectivity index (χ4v) is 2.29. The molecule has 0 fully saturated rings. The lowest BCUT2D eigenvalue weighted by molar-refractivity contribution is -0.383. The number of benzene rings is 1. The van der Waals surface area contributed by atoms with E-state index in [9.17, 15) is 10.1 Å². The lowest BCUT2D eigenvalue weighted by Gasteiger charge is -2.06. The number of pyridine rings is 1. The van der Waals surface area contributed by atoms with Crippen LogP contribution in [0.25, 0.3) is 5.52 Å². The molecule has 0 saturated heterocycles. The van der Waals surface area contributed by atoms with Gasteiger partial charge < -0.3 is 5.32 Å². The molecule has 0 amide bonds. The Morgan fingerprint density at radius 2 is 2.19 bits per heavy atom. The summed E-state index contributed by atoms with van der Waals surface area (Å²) in [5, 5.41) is 18.7. The van der Waals surface area contributed by atoms with Gasteiger partial charge in [0.05, 0.1) is 16.6 Å². The zero-order valence-electron chi connectivity index (χ0n) is 10.9. The van der Waals surface area contributed by atoms with Crippen LogP contribution in [0, 0.1) is 10.1 Å². The van der Waals surface area contributed by atoms with Crippen LogP contribution in [0.4, 0.5) is 11.4 Å². The van der Waals surface area contributed by atoms with Gasteiger partial charge in [-0.2, -0.15) is 5.10 Å². The molecule has 3 aromatic rings. The van der Waals surface area contributed by atoms with Gasteiger partial charge in [0.25, 0.3) is 5.69 Å². The highest BCUT2D eigenvalue weighted by atomic mass is 35.5. The van der Waals surface area contributed by atoms with Crippen molar-refractivity contribution < 1.29 is 4.92 Å². The Labute approximate surface area is 125 Å². The summed E-state index contributed by atoms with van der Waals surface area (Å²) >= 11 is 5.79. The van der Waals surface area contributed by atoms with E-state index in [1.807, 2.05) is 24.4 Å². The number of anilines is 1. The molecule has 0 unspecified atom stereocenters. The van der Waals surface area contributed by atoms with Crippen molar-refractivity contribution in [3.05, 3.63) is 69.5 Å². The first-order valence-corrected chi connectivity index (χ1v) is 6.62. The highest BCUT2D eigenvalue weighted by Crippen LogP contribution is 2.28. The molecular formula is C14H11ClN4O2. The van der Waals surface area contributed by atoms with Crippen LogP contribution < -0.4 is 5.32 Å². The average Bonchev–Trinajstić information content (AvgIpc) is 2.89. The van der Waals surface area contributed by atoms with E-state index in [1.54, 1.807) is 22.8 Å². The first kappa shape index (κ1) is 13.4. The summed E-state index contributed by atoms with van der Waals surface area (Å²) in [6, 6.07) is 10.3. The zero-order valence-corrected chi connectivity index (χ0v) is 11.6. The van der Waals surface area contributed by atoms with Crippen LogP contribution in [0.1, 0.15) is 5.56 Å². The van der Waals surface area contributed by atoms with E-state index in [2.05, 4.69) is 10.4 Å². The number of nitro groups is 1. The fraction of sp³-hybridized carbons (Fsp3) is 0.0714. The Bertz CT molecular complexity index is 816. The molecule has 0 radical (unpaired) electrons. The quantitative estimate of drug-likeness (QED) is 0.591. The van der Waals surface area contributed by atoms with Gasteiger partial charge in [0, 0.05) is 29.4 Å². The Morgan fingerprint density at radius 3 is 3.00 bits per heavy atom. The monoisotopic (exact) mass is 302 g/mol. The van der Waals surface area contributed by atoms with Crippen molar-refractivity contribution in [3.63, 3.8) is 0 Å². The Kier molecular flexibility index (Phi) is 3.45.